The number of hydrogen-bond acceptors (Lipinski definition) is 4. The Morgan fingerprint density at radius 2 is 2.20 bits per heavy atom. The van der Waals surface area contributed by atoms with E-state index >= 15 is 0 Å². The number of rotatable bonds is 4. The van der Waals surface area contributed by atoms with E-state index in [0.717, 1.165) is 26.2 Å². The Labute approximate surface area is 122 Å². The Bertz CT molecular complexity index is 402. The van der Waals surface area contributed by atoms with Crippen LogP contribution in [0, 0.1) is 0 Å². The topological polar surface area (TPSA) is 31.4 Å². The monoisotopic (exact) mass is 274 g/mol. The number of nitrogens with zero attached hydrogens (tertiary/aromatic N) is 3. The summed E-state index contributed by atoms with van der Waals surface area (Å²) in [4.78, 5) is 9.62. The van der Waals surface area contributed by atoms with E-state index in [4.69, 9.17) is 0 Å². The van der Waals surface area contributed by atoms with E-state index in [-0.39, 0.29) is 0 Å². The van der Waals surface area contributed by atoms with Crippen molar-refractivity contribution in [3.8, 4) is 0 Å². The maximum atomic E-state index is 4.34. The SMILES string of the molecule is CC1CNCCN1C(CN1CCCC1)c1cccnc1. The first-order chi connectivity index (χ1) is 9.84. The van der Waals surface area contributed by atoms with Crippen LogP contribution < -0.4 is 5.32 Å². The third-order valence-corrected chi connectivity index (χ3v) is 4.65. The van der Waals surface area contributed by atoms with Gasteiger partial charge in [-0.1, -0.05) is 6.07 Å². The van der Waals surface area contributed by atoms with Crippen LogP contribution in [0.25, 0.3) is 0 Å². The summed E-state index contributed by atoms with van der Waals surface area (Å²) in [5, 5.41) is 3.49. The van der Waals surface area contributed by atoms with E-state index in [2.05, 4.69) is 45.4 Å². The molecule has 2 atom stereocenters. The van der Waals surface area contributed by atoms with Crippen LogP contribution in [0.4, 0.5) is 0 Å². The van der Waals surface area contributed by atoms with Gasteiger partial charge in [0.05, 0.1) is 0 Å². The first-order valence-corrected chi connectivity index (χ1v) is 7.93. The van der Waals surface area contributed by atoms with Crippen LogP contribution in [0.15, 0.2) is 24.5 Å². The number of pyridine rings is 1. The van der Waals surface area contributed by atoms with Gasteiger partial charge in [0, 0.05) is 50.7 Å². The summed E-state index contributed by atoms with van der Waals surface area (Å²) in [6.45, 7) is 9.33. The molecule has 0 aliphatic carbocycles. The third kappa shape index (κ3) is 3.19. The van der Waals surface area contributed by atoms with Crippen LogP contribution in [0.2, 0.25) is 0 Å². The standard InChI is InChI=1S/C16H26N4/c1-14-11-18-7-10-20(14)16(13-19-8-2-3-9-19)15-5-4-6-17-12-15/h4-6,12,14,16,18H,2-3,7-11,13H2,1H3. The highest BCUT2D eigenvalue weighted by Gasteiger charge is 2.29. The number of aromatic nitrogens is 1. The van der Waals surface area contributed by atoms with Crippen LogP contribution >= 0.6 is 0 Å². The Kier molecular flexibility index (Phi) is 4.65. The average Bonchev–Trinajstić information content (AvgIpc) is 3.00. The van der Waals surface area contributed by atoms with Gasteiger partial charge in [-0.05, 0) is 44.5 Å². The molecule has 0 aromatic carbocycles. The molecule has 2 fully saturated rings. The van der Waals surface area contributed by atoms with Gasteiger partial charge in [0.25, 0.3) is 0 Å². The predicted octanol–water partition coefficient (Wildman–Crippen LogP) is 1.51. The molecule has 20 heavy (non-hydrogen) atoms. The molecule has 1 N–H and O–H groups in total. The molecule has 1 aromatic heterocycles. The Morgan fingerprint density at radius 3 is 2.90 bits per heavy atom. The molecule has 110 valence electrons. The lowest BCUT2D eigenvalue weighted by molar-refractivity contribution is 0.0906. The van der Waals surface area contributed by atoms with Gasteiger partial charge in [0.2, 0.25) is 0 Å². The zero-order valence-corrected chi connectivity index (χ0v) is 12.5. The Hall–Kier alpha value is -0.970. The van der Waals surface area contributed by atoms with Crippen LogP contribution in [0.5, 0.6) is 0 Å². The maximum Gasteiger partial charge on any atom is 0.0494 e. The van der Waals surface area contributed by atoms with Gasteiger partial charge in [0.1, 0.15) is 0 Å². The van der Waals surface area contributed by atoms with Crippen LogP contribution in [-0.2, 0) is 0 Å². The van der Waals surface area contributed by atoms with E-state index in [1.54, 1.807) is 0 Å². The number of likely N-dealkylation sites (tertiary alicyclic amines) is 1. The van der Waals surface area contributed by atoms with Crippen LogP contribution in [-0.4, -0.2) is 60.1 Å². The molecular formula is C16H26N4. The first kappa shape index (κ1) is 14.0. The lowest BCUT2D eigenvalue weighted by Gasteiger charge is -2.41. The van der Waals surface area contributed by atoms with E-state index in [1.807, 2.05) is 6.20 Å². The molecule has 2 unspecified atom stereocenters. The second-order valence-electron chi connectivity index (χ2n) is 6.10. The first-order valence-electron chi connectivity index (χ1n) is 7.93. The number of piperazine rings is 1. The van der Waals surface area contributed by atoms with Crippen LogP contribution in [0.3, 0.4) is 0 Å². The molecule has 0 saturated carbocycles. The number of hydrogen-bond donors (Lipinski definition) is 1. The molecule has 2 aliphatic heterocycles. The molecule has 3 rings (SSSR count). The largest absolute Gasteiger partial charge is 0.314 e. The van der Waals surface area contributed by atoms with Crippen molar-refractivity contribution in [1.29, 1.82) is 0 Å². The fourth-order valence-electron chi connectivity index (χ4n) is 3.50. The minimum Gasteiger partial charge on any atom is -0.314 e. The van der Waals surface area contributed by atoms with Gasteiger partial charge in [-0.2, -0.15) is 0 Å². The third-order valence-electron chi connectivity index (χ3n) is 4.65. The summed E-state index contributed by atoms with van der Waals surface area (Å²) in [6, 6.07) is 5.39. The van der Waals surface area contributed by atoms with E-state index < -0.39 is 0 Å². The van der Waals surface area contributed by atoms with Gasteiger partial charge >= 0.3 is 0 Å². The van der Waals surface area contributed by atoms with Crippen molar-refractivity contribution in [2.45, 2.75) is 31.8 Å². The van der Waals surface area contributed by atoms with E-state index in [0.29, 0.717) is 12.1 Å². The van der Waals surface area contributed by atoms with E-state index in [9.17, 15) is 0 Å². The van der Waals surface area contributed by atoms with Crippen molar-refractivity contribution in [3.63, 3.8) is 0 Å². The van der Waals surface area contributed by atoms with Gasteiger partial charge < -0.3 is 10.2 Å². The highest BCUT2D eigenvalue weighted by Crippen LogP contribution is 2.25. The van der Waals surface area contributed by atoms with Gasteiger partial charge in [-0.3, -0.25) is 9.88 Å². The quantitative estimate of drug-likeness (QED) is 0.902. The average molecular weight is 274 g/mol. The molecule has 1 aromatic rings. The minimum atomic E-state index is 0.485. The maximum absolute atomic E-state index is 4.34. The Morgan fingerprint density at radius 1 is 1.35 bits per heavy atom. The second-order valence-corrected chi connectivity index (χ2v) is 6.10. The summed E-state index contributed by atoms with van der Waals surface area (Å²) in [6.07, 6.45) is 6.64. The zero-order valence-electron chi connectivity index (χ0n) is 12.5. The van der Waals surface area contributed by atoms with E-state index in [1.165, 1.54) is 31.5 Å². The second kappa shape index (κ2) is 6.66. The highest BCUT2D eigenvalue weighted by atomic mass is 15.3. The summed E-state index contributed by atoms with van der Waals surface area (Å²) < 4.78 is 0. The van der Waals surface area contributed by atoms with Crippen molar-refractivity contribution >= 4 is 0 Å². The molecule has 4 heteroatoms. The Balaban J connectivity index is 1.78. The highest BCUT2D eigenvalue weighted by molar-refractivity contribution is 5.15. The normalized spacial score (nSPS) is 26.8. The molecule has 0 bridgehead atoms. The molecule has 0 radical (unpaired) electrons. The smallest absolute Gasteiger partial charge is 0.0494 e. The summed E-state index contributed by atoms with van der Waals surface area (Å²) in [7, 11) is 0. The lowest BCUT2D eigenvalue weighted by atomic mass is 10.0. The van der Waals surface area contributed by atoms with Crippen molar-refractivity contribution in [2.24, 2.45) is 0 Å². The predicted molar refractivity (Wildman–Crippen MR) is 81.7 cm³/mol. The molecule has 4 nitrogen and oxygen atoms in total. The molecule has 0 amide bonds. The number of nitrogens with one attached hydrogen (secondary N) is 1. The zero-order chi connectivity index (χ0) is 13.8. The summed E-state index contributed by atoms with van der Waals surface area (Å²) >= 11 is 0. The molecule has 3 heterocycles. The van der Waals surface area contributed by atoms with Gasteiger partial charge in [0.15, 0.2) is 0 Å². The minimum absolute atomic E-state index is 0.485. The molecular weight excluding hydrogens is 248 g/mol. The fourth-order valence-corrected chi connectivity index (χ4v) is 3.50. The molecule has 2 aliphatic rings. The summed E-state index contributed by atoms with van der Waals surface area (Å²) in [5.41, 5.74) is 1.37. The van der Waals surface area contributed by atoms with Gasteiger partial charge in [-0.15, -0.1) is 0 Å². The van der Waals surface area contributed by atoms with Crippen molar-refractivity contribution < 1.29 is 0 Å². The lowest BCUT2D eigenvalue weighted by Crippen LogP contribution is -2.53. The van der Waals surface area contributed by atoms with Crippen molar-refractivity contribution in [2.75, 3.05) is 39.3 Å². The fraction of sp³-hybridized carbons (Fsp3) is 0.688. The van der Waals surface area contributed by atoms with Crippen LogP contribution in [0.1, 0.15) is 31.4 Å². The summed E-state index contributed by atoms with van der Waals surface area (Å²) in [5.74, 6) is 0. The van der Waals surface area contributed by atoms with Crippen molar-refractivity contribution in [1.82, 2.24) is 20.1 Å². The molecule has 2 saturated heterocycles. The molecule has 0 spiro atoms. The van der Waals surface area contributed by atoms with Gasteiger partial charge in [-0.25, -0.2) is 0 Å². The van der Waals surface area contributed by atoms with Crippen molar-refractivity contribution in [3.05, 3.63) is 30.1 Å².